The van der Waals surface area contributed by atoms with Gasteiger partial charge in [0.15, 0.2) is 0 Å². The fraction of sp³-hybridized carbons (Fsp3) is 0.472. The van der Waals surface area contributed by atoms with Gasteiger partial charge in [0.2, 0.25) is 17.7 Å². The molecule has 2 aromatic carbocycles. The Morgan fingerprint density at radius 2 is 1.52 bits per heavy atom. The number of carbonyl (C=O) groups is 5. The van der Waals surface area contributed by atoms with Crippen LogP contribution in [0.4, 0.5) is 4.79 Å². The summed E-state index contributed by atoms with van der Waals surface area (Å²) >= 11 is 0. The van der Waals surface area contributed by atoms with Gasteiger partial charge in [0, 0.05) is 24.6 Å². The number of alkyl carbamates (subject to hydrolysis) is 1. The molecule has 0 aliphatic carbocycles. The van der Waals surface area contributed by atoms with E-state index in [4.69, 9.17) is 14.2 Å². The summed E-state index contributed by atoms with van der Waals surface area (Å²) in [5.74, 6) is -2.18. The maximum atomic E-state index is 13.8. The topological polar surface area (TPSA) is 161 Å². The Bertz CT molecular complexity index is 1370. The maximum Gasteiger partial charge on any atom is 0.408 e. The van der Waals surface area contributed by atoms with Crippen molar-refractivity contribution in [3.05, 3.63) is 83.9 Å². The van der Waals surface area contributed by atoms with E-state index >= 15 is 0 Å². The van der Waals surface area contributed by atoms with Crippen molar-refractivity contribution in [1.82, 2.24) is 21.3 Å². The smallest absolute Gasteiger partial charge is 0.408 e. The Labute approximate surface area is 282 Å². The highest BCUT2D eigenvalue weighted by molar-refractivity contribution is 5.92. The predicted molar refractivity (Wildman–Crippen MR) is 179 cm³/mol. The molecule has 0 saturated carbocycles. The van der Waals surface area contributed by atoms with Crippen molar-refractivity contribution in [1.29, 1.82) is 0 Å². The van der Waals surface area contributed by atoms with E-state index in [1.165, 1.54) is 12.2 Å². The van der Waals surface area contributed by atoms with Crippen molar-refractivity contribution in [3.63, 3.8) is 0 Å². The van der Waals surface area contributed by atoms with E-state index in [0.29, 0.717) is 13.0 Å². The first kappa shape index (κ1) is 37.7. The Hall–Kier alpha value is -4.71. The third-order valence-electron chi connectivity index (χ3n) is 7.71. The van der Waals surface area contributed by atoms with E-state index in [-0.39, 0.29) is 50.4 Å². The SMILES string of the molecule is CCOC(=O)/C=C/[C@H](C[C@@H]1CCNC1=O)NC(=O)[C@H](CC(C)C)NC(=O)[C@@H](NC(=O)OCc1ccccc1)C(C)OCc1ccccc1. The second-order valence-corrected chi connectivity index (χ2v) is 12.1. The van der Waals surface area contributed by atoms with E-state index in [1.54, 1.807) is 13.8 Å². The van der Waals surface area contributed by atoms with Crippen molar-refractivity contribution in [2.45, 2.75) is 84.4 Å². The molecule has 2 aromatic rings. The summed E-state index contributed by atoms with van der Waals surface area (Å²) in [6, 6.07) is 15.6. The van der Waals surface area contributed by atoms with Crippen LogP contribution in [0, 0.1) is 11.8 Å². The summed E-state index contributed by atoms with van der Waals surface area (Å²) in [6.07, 6.45) is 2.24. The highest BCUT2D eigenvalue weighted by Gasteiger charge is 2.33. The molecule has 4 amide bonds. The van der Waals surface area contributed by atoms with E-state index in [2.05, 4.69) is 21.3 Å². The zero-order valence-corrected chi connectivity index (χ0v) is 28.1. The van der Waals surface area contributed by atoms with Crippen LogP contribution in [0.5, 0.6) is 0 Å². The highest BCUT2D eigenvalue weighted by Crippen LogP contribution is 2.18. The molecule has 0 aromatic heterocycles. The lowest BCUT2D eigenvalue weighted by atomic mass is 9.96. The minimum atomic E-state index is -1.21. The van der Waals surface area contributed by atoms with Crippen LogP contribution in [0.25, 0.3) is 0 Å². The predicted octanol–water partition coefficient (Wildman–Crippen LogP) is 3.55. The second-order valence-electron chi connectivity index (χ2n) is 12.1. The number of hydrogen-bond acceptors (Lipinski definition) is 8. The van der Waals surface area contributed by atoms with Crippen molar-refractivity contribution >= 4 is 29.8 Å². The summed E-state index contributed by atoms with van der Waals surface area (Å²) < 4.78 is 16.4. The lowest BCUT2D eigenvalue weighted by Crippen LogP contribution is -2.58. The van der Waals surface area contributed by atoms with Crippen LogP contribution in [-0.4, -0.2) is 67.2 Å². The van der Waals surface area contributed by atoms with Gasteiger partial charge in [-0.2, -0.15) is 0 Å². The average Bonchev–Trinajstić information content (AvgIpc) is 3.48. The quantitative estimate of drug-likeness (QED) is 0.139. The number of hydrogen-bond donors (Lipinski definition) is 4. The monoisotopic (exact) mass is 664 g/mol. The third-order valence-corrected chi connectivity index (χ3v) is 7.71. The summed E-state index contributed by atoms with van der Waals surface area (Å²) in [7, 11) is 0. The molecule has 0 bridgehead atoms. The van der Waals surface area contributed by atoms with Gasteiger partial charge in [-0.15, -0.1) is 0 Å². The van der Waals surface area contributed by atoms with E-state index in [0.717, 1.165) is 11.1 Å². The van der Waals surface area contributed by atoms with E-state index in [1.807, 2.05) is 74.5 Å². The Morgan fingerprint density at radius 3 is 2.10 bits per heavy atom. The lowest BCUT2D eigenvalue weighted by molar-refractivity contribution is -0.137. The molecule has 1 aliphatic rings. The minimum Gasteiger partial charge on any atom is -0.463 e. The molecule has 260 valence electrons. The highest BCUT2D eigenvalue weighted by atomic mass is 16.5. The number of amides is 4. The number of benzene rings is 2. The number of carbonyl (C=O) groups excluding carboxylic acids is 5. The summed E-state index contributed by atoms with van der Waals surface area (Å²) in [5.41, 5.74) is 1.66. The molecule has 12 heteroatoms. The van der Waals surface area contributed by atoms with Gasteiger partial charge in [-0.05, 0) is 50.2 Å². The molecule has 0 radical (unpaired) electrons. The molecular formula is C36H48N4O8. The maximum absolute atomic E-state index is 13.8. The molecule has 1 saturated heterocycles. The van der Waals surface area contributed by atoms with Gasteiger partial charge in [-0.3, -0.25) is 14.4 Å². The molecule has 12 nitrogen and oxygen atoms in total. The van der Waals surface area contributed by atoms with Gasteiger partial charge in [-0.25, -0.2) is 9.59 Å². The van der Waals surface area contributed by atoms with Crippen molar-refractivity contribution in [2.24, 2.45) is 11.8 Å². The van der Waals surface area contributed by atoms with Crippen LogP contribution in [0.15, 0.2) is 72.8 Å². The lowest BCUT2D eigenvalue weighted by Gasteiger charge is -2.28. The summed E-state index contributed by atoms with van der Waals surface area (Å²) in [5, 5.41) is 11.1. The molecule has 1 heterocycles. The molecule has 4 N–H and O–H groups in total. The van der Waals surface area contributed by atoms with Crippen LogP contribution >= 0.6 is 0 Å². The summed E-state index contributed by atoms with van der Waals surface area (Å²) in [6.45, 7) is 8.08. The fourth-order valence-corrected chi connectivity index (χ4v) is 5.18. The number of nitrogens with one attached hydrogen (secondary N) is 4. The molecule has 5 atom stereocenters. The molecule has 48 heavy (non-hydrogen) atoms. The van der Waals surface area contributed by atoms with Crippen LogP contribution in [0.1, 0.15) is 58.1 Å². The molecular weight excluding hydrogens is 616 g/mol. The van der Waals surface area contributed by atoms with Crippen LogP contribution in [-0.2, 0) is 46.6 Å². The van der Waals surface area contributed by atoms with Gasteiger partial charge in [0.25, 0.3) is 0 Å². The van der Waals surface area contributed by atoms with E-state index < -0.39 is 48.1 Å². The number of ether oxygens (including phenoxy) is 3. The largest absolute Gasteiger partial charge is 0.463 e. The summed E-state index contributed by atoms with van der Waals surface area (Å²) in [4.78, 5) is 64.8. The van der Waals surface area contributed by atoms with E-state index in [9.17, 15) is 24.0 Å². The molecule has 1 fully saturated rings. The van der Waals surface area contributed by atoms with Crippen molar-refractivity contribution in [3.8, 4) is 0 Å². The minimum absolute atomic E-state index is 0.00162. The standard InChI is InChI=1S/C36H48N4O8/c1-5-46-31(41)17-16-29(21-28-18-19-37-33(28)42)38-34(43)30(20-24(2)3)39-35(44)32(25(4)47-22-26-12-8-6-9-13-26)40-36(45)48-23-27-14-10-7-11-15-27/h6-17,24-25,28-30,32H,5,18-23H2,1-4H3,(H,37,42)(H,38,43)(H,39,44)(H,40,45)/b17-16+/t25?,28-,29+,30-,32-/m0/s1. The van der Waals surface area contributed by atoms with Crippen LogP contribution in [0.3, 0.4) is 0 Å². The first-order valence-corrected chi connectivity index (χ1v) is 16.4. The van der Waals surface area contributed by atoms with Gasteiger partial charge in [0.05, 0.1) is 19.3 Å². The average molecular weight is 665 g/mol. The fourth-order valence-electron chi connectivity index (χ4n) is 5.18. The Morgan fingerprint density at radius 1 is 0.875 bits per heavy atom. The van der Waals surface area contributed by atoms with Gasteiger partial charge in [-0.1, -0.05) is 80.6 Å². The molecule has 1 unspecified atom stereocenters. The molecule has 3 rings (SSSR count). The van der Waals surface area contributed by atoms with Gasteiger partial charge in [0.1, 0.15) is 18.7 Å². The normalized spacial score (nSPS) is 16.8. The third kappa shape index (κ3) is 13.2. The zero-order valence-electron chi connectivity index (χ0n) is 28.1. The van der Waals surface area contributed by atoms with Crippen LogP contribution in [0.2, 0.25) is 0 Å². The van der Waals surface area contributed by atoms with Gasteiger partial charge < -0.3 is 35.5 Å². The first-order valence-electron chi connectivity index (χ1n) is 16.4. The van der Waals surface area contributed by atoms with Crippen LogP contribution < -0.4 is 21.3 Å². The Kier molecular flexibility index (Phi) is 15.6. The van der Waals surface area contributed by atoms with Gasteiger partial charge >= 0.3 is 12.1 Å². The molecule has 1 aliphatic heterocycles. The number of rotatable bonds is 18. The Balaban J connectivity index is 1.76. The second kappa shape index (κ2) is 19.8. The van der Waals surface area contributed by atoms with Crippen molar-refractivity contribution < 1.29 is 38.2 Å². The number of esters is 1. The first-order chi connectivity index (χ1) is 23.0. The zero-order chi connectivity index (χ0) is 34.9. The molecule has 0 spiro atoms. The van der Waals surface area contributed by atoms with Crippen molar-refractivity contribution in [2.75, 3.05) is 13.2 Å².